The van der Waals surface area contributed by atoms with Crippen LogP contribution in [0.3, 0.4) is 0 Å². The molecular weight excluding hydrogens is 214 g/mol. The van der Waals surface area contributed by atoms with E-state index in [1.54, 1.807) is 6.20 Å². The molecule has 15 heavy (non-hydrogen) atoms. The average molecular weight is 228 g/mol. The van der Waals surface area contributed by atoms with Gasteiger partial charge in [0.05, 0.1) is 18.5 Å². The zero-order valence-corrected chi connectivity index (χ0v) is 9.35. The summed E-state index contributed by atoms with van der Waals surface area (Å²) in [6, 6.07) is 0. The standard InChI is InChI=1S/C10H14ClN3O/c1-14(6-7-2-8(15)3-7)10-5-12-4-9(11)13-10/h4-5,7-8,15H,2-3,6H2,1H3. The second-order valence-electron chi connectivity index (χ2n) is 4.07. The third-order valence-electron chi connectivity index (χ3n) is 2.73. The molecule has 1 saturated carbocycles. The van der Waals surface area contributed by atoms with Crippen molar-refractivity contribution in [1.29, 1.82) is 0 Å². The van der Waals surface area contributed by atoms with E-state index in [2.05, 4.69) is 9.97 Å². The van der Waals surface area contributed by atoms with E-state index in [9.17, 15) is 5.11 Å². The fourth-order valence-corrected chi connectivity index (χ4v) is 1.99. The number of anilines is 1. The van der Waals surface area contributed by atoms with Gasteiger partial charge in [0.1, 0.15) is 11.0 Å². The zero-order valence-electron chi connectivity index (χ0n) is 8.60. The highest BCUT2D eigenvalue weighted by Crippen LogP contribution is 2.28. The van der Waals surface area contributed by atoms with Gasteiger partial charge in [-0.25, -0.2) is 4.98 Å². The summed E-state index contributed by atoms with van der Waals surface area (Å²) in [7, 11) is 1.96. The monoisotopic (exact) mass is 227 g/mol. The van der Waals surface area contributed by atoms with Gasteiger partial charge in [-0.2, -0.15) is 0 Å². The Bertz CT molecular complexity index is 341. The maximum atomic E-state index is 9.18. The lowest BCUT2D eigenvalue weighted by atomic mass is 9.82. The number of aliphatic hydroxyl groups excluding tert-OH is 1. The Morgan fingerprint density at radius 1 is 1.53 bits per heavy atom. The summed E-state index contributed by atoms with van der Waals surface area (Å²) in [5, 5.41) is 9.59. The van der Waals surface area contributed by atoms with Crippen molar-refractivity contribution < 1.29 is 5.11 Å². The minimum Gasteiger partial charge on any atom is -0.393 e. The zero-order chi connectivity index (χ0) is 10.8. The van der Waals surface area contributed by atoms with Gasteiger partial charge in [-0.15, -0.1) is 0 Å². The molecule has 0 saturated heterocycles. The number of hydrogen-bond acceptors (Lipinski definition) is 4. The SMILES string of the molecule is CN(CC1CC(O)C1)c1cncc(Cl)n1. The molecule has 1 fully saturated rings. The third kappa shape index (κ3) is 2.58. The van der Waals surface area contributed by atoms with Crippen LogP contribution in [0.25, 0.3) is 0 Å². The van der Waals surface area contributed by atoms with Crippen LogP contribution in [0, 0.1) is 5.92 Å². The van der Waals surface area contributed by atoms with Crippen molar-refractivity contribution in [2.75, 3.05) is 18.5 Å². The first-order valence-corrected chi connectivity index (χ1v) is 5.39. The summed E-state index contributed by atoms with van der Waals surface area (Å²) in [6.45, 7) is 0.895. The lowest BCUT2D eigenvalue weighted by molar-refractivity contribution is 0.0464. The molecule has 0 amide bonds. The van der Waals surface area contributed by atoms with E-state index < -0.39 is 0 Å². The number of nitrogens with zero attached hydrogens (tertiary/aromatic N) is 3. The molecule has 1 aliphatic carbocycles. The van der Waals surface area contributed by atoms with Crippen molar-refractivity contribution in [3.8, 4) is 0 Å². The number of halogens is 1. The highest BCUT2D eigenvalue weighted by atomic mass is 35.5. The van der Waals surface area contributed by atoms with E-state index in [4.69, 9.17) is 11.6 Å². The summed E-state index contributed by atoms with van der Waals surface area (Å²) >= 11 is 5.76. The molecule has 0 spiro atoms. The predicted octanol–water partition coefficient (Wildman–Crippen LogP) is 1.34. The Morgan fingerprint density at radius 3 is 2.87 bits per heavy atom. The molecule has 0 bridgehead atoms. The van der Waals surface area contributed by atoms with Crippen molar-refractivity contribution in [2.45, 2.75) is 18.9 Å². The van der Waals surface area contributed by atoms with Gasteiger partial charge >= 0.3 is 0 Å². The van der Waals surface area contributed by atoms with Gasteiger partial charge in [-0.1, -0.05) is 11.6 Å². The quantitative estimate of drug-likeness (QED) is 0.847. The summed E-state index contributed by atoms with van der Waals surface area (Å²) in [6.07, 6.45) is 4.89. The molecule has 1 aromatic rings. The second-order valence-corrected chi connectivity index (χ2v) is 4.46. The van der Waals surface area contributed by atoms with Crippen LogP contribution in [0.1, 0.15) is 12.8 Å². The van der Waals surface area contributed by atoms with Crippen molar-refractivity contribution in [3.63, 3.8) is 0 Å². The Labute approximate surface area is 93.9 Å². The van der Waals surface area contributed by atoms with Gasteiger partial charge in [-0.05, 0) is 18.8 Å². The molecule has 1 aromatic heterocycles. The normalized spacial score (nSPS) is 24.7. The minimum atomic E-state index is -0.103. The molecule has 1 heterocycles. The van der Waals surface area contributed by atoms with Crippen LogP contribution in [0.15, 0.2) is 12.4 Å². The van der Waals surface area contributed by atoms with E-state index >= 15 is 0 Å². The van der Waals surface area contributed by atoms with Crippen molar-refractivity contribution >= 4 is 17.4 Å². The lowest BCUT2D eigenvalue weighted by Crippen LogP contribution is -2.37. The van der Waals surface area contributed by atoms with Crippen LogP contribution in [0.4, 0.5) is 5.82 Å². The van der Waals surface area contributed by atoms with Gasteiger partial charge < -0.3 is 10.0 Å². The van der Waals surface area contributed by atoms with Crippen LogP contribution >= 0.6 is 11.6 Å². The summed E-state index contributed by atoms with van der Waals surface area (Å²) in [4.78, 5) is 10.2. The Morgan fingerprint density at radius 2 is 2.27 bits per heavy atom. The van der Waals surface area contributed by atoms with Crippen molar-refractivity contribution in [3.05, 3.63) is 17.5 Å². The largest absolute Gasteiger partial charge is 0.393 e. The molecule has 4 nitrogen and oxygen atoms in total. The third-order valence-corrected chi connectivity index (χ3v) is 2.91. The highest BCUT2D eigenvalue weighted by molar-refractivity contribution is 6.29. The summed E-state index contributed by atoms with van der Waals surface area (Å²) in [5.74, 6) is 1.34. The number of hydrogen-bond donors (Lipinski definition) is 1. The first-order valence-electron chi connectivity index (χ1n) is 5.02. The fourth-order valence-electron chi connectivity index (χ4n) is 1.85. The van der Waals surface area contributed by atoms with E-state index in [-0.39, 0.29) is 6.10 Å². The van der Waals surface area contributed by atoms with Crippen LogP contribution in [-0.2, 0) is 0 Å². The van der Waals surface area contributed by atoms with Crippen molar-refractivity contribution in [1.82, 2.24) is 9.97 Å². The number of aliphatic hydroxyl groups is 1. The van der Waals surface area contributed by atoms with Gasteiger partial charge in [-0.3, -0.25) is 4.98 Å². The Hall–Kier alpha value is -0.870. The van der Waals surface area contributed by atoms with E-state index in [0.717, 1.165) is 25.2 Å². The lowest BCUT2D eigenvalue weighted by Gasteiger charge is -2.34. The smallest absolute Gasteiger partial charge is 0.149 e. The molecule has 5 heteroatoms. The van der Waals surface area contributed by atoms with Crippen molar-refractivity contribution in [2.24, 2.45) is 5.92 Å². The van der Waals surface area contributed by atoms with E-state index in [1.807, 2.05) is 11.9 Å². The van der Waals surface area contributed by atoms with Gasteiger partial charge in [0.25, 0.3) is 0 Å². The first-order chi connectivity index (χ1) is 7.15. The average Bonchev–Trinajstić information content (AvgIpc) is 2.15. The number of aromatic nitrogens is 2. The second kappa shape index (κ2) is 4.33. The van der Waals surface area contributed by atoms with Crippen LogP contribution < -0.4 is 4.90 Å². The maximum Gasteiger partial charge on any atom is 0.149 e. The Balaban J connectivity index is 1.93. The first kappa shape index (κ1) is 10.6. The molecule has 1 N–H and O–H groups in total. The molecule has 0 aliphatic heterocycles. The molecule has 1 aliphatic rings. The topological polar surface area (TPSA) is 49.2 Å². The van der Waals surface area contributed by atoms with Gasteiger partial charge in [0.15, 0.2) is 0 Å². The predicted molar refractivity (Wildman–Crippen MR) is 59.0 cm³/mol. The van der Waals surface area contributed by atoms with Gasteiger partial charge in [0, 0.05) is 13.6 Å². The summed E-state index contributed by atoms with van der Waals surface area (Å²) < 4.78 is 0. The van der Waals surface area contributed by atoms with E-state index in [1.165, 1.54) is 6.20 Å². The molecule has 82 valence electrons. The minimum absolute atomic E-state index is 0.103. The fraction of sp³-hybridized carbons (Fsp3) is 0.600. The van der Waals surface area contributed by atoms with Crippen LogP contribution in [-0.4, -0.2) is 34.8 Å². The maximum absolute atomic E-state index is 9.18. The molecule has 0 aromatic carbocycles. The van der Waals surface area contributed by atoms with Crippen LogP contribution in [0.2, 0.25) is 5.15 Å². The summed E-state index contributed by atoms with van der Waals surface area (Å²) in [5.41, 5.74) is 0. The molecular formula is C10H14ClN3O. The Kier molecular flexibility index (Phi) is 3.07. The molecule has 0 unspecified atom stereocenters. The molecule has 2 rings (SSSR count). The molecule has 0 atom stereocenters. The molecule has 0 radical (unpaired) electrons. The highest BCUT2D eigenvalue weighted by Gasteiger charge is 2.28. The van der Waals surface area contributed by atoms with Gasteiger partial charge in [0.2, 0.25) is 0 Å². The van der Waals surface area contributed by atoms with E-state index in [0.29, 0.717) is 11.1 Å². The van der Waals surface area contributed by atoms with Crippen LogP contribution in [0.5, 0.6) is 0 Å². The number of rotatable bonds is 3.